The molecule has 1 heterocycles. The molecule has 0 aromatic carbocycles. The van der Waals surface area contributed by atoms with Crippen molar-refractivity contribution in [3.05, 3.63) is 0 Å². The highest BCUT2D eigenvalue weighted by molar-refractivity contribution is 7.86. The minimum absolute atomic E-state index is 0.383. The molecule has 1 aliphatic heterocycles. The van der Waals surface area contributed by atoms with Gasteiger partial charge >= 0.3 is 0 Å². The highest BCUT2D eigenvalue weighted by atomic mass is 32.2. The van der Waals surface area contributed by atoms with Gasteiger partial charge in [-0.3, -0.25) is 4.55 Å². The van der Waals surface area contributed by atoms with Crippen molar-refractivity contribution in [2.24, 2.45) is 0 Å². The molecule has 0 bridgehead atoms. The molecule has 1 rings (SSSR count). The second-order valence-corrected chi connectivity index (χ2v) is 4.61. The predicted molar refractivity (Wildman–Crippen MR) is 46.6 cm³/mol. The van der Waals surface area contributed by atoms with Gasteiger partial charge in [-0.2, -0.15) is 19.1 Å². The molecule has 3 N–H and O–H groups in total. The largest absolute Gasteiger partial charge is 0.284 e. The maximum atomic E-state index is 10.9. The van der Waals surface area contributed by atoms with Gasteiger partial charge in [-0.25, -0.2) is 10.4 Å². The number of rotatable bonds is 1. The molecule has 0 spiro atoms. The van der Waals surface area contributed by atoms with E-state index < -0.39 is 15.5 Å². The number of hydrogen-bond acceptors (Lipinski definition) is 6. The van der Waals surface area contributed by atoms with Crippen LogP contribution in [0.5, 0.6) is 0 Å². The SMILES string of the molecule is CC1NN(C)NN(C)C1S(=O)(=O)O. The summed E-state index contributed by atoms with van der Waals surface area (Å²) >= 11 is 0. The second-order valence-electron chi connectivity index (χ2n) is 3.09. The predicted octanol–water partition coefficient (Wildman–Crippen LogP) is -1.61. The van der Waals surface area contributed by atoms with Crippen molar-refractivity contribution in [3.8, 4) is 0 Å². The van der Waals surface area contributed by atoms with Gasteiger partial charge < -0.3 is 0 Å². The van der Waals surface area contributed by atoms with Gasteiger partial charge in [0.05, 0.1) is 6.04 Å². The van der Waals surface area contributed by atoms with E-state index >= 15 is 0 Å². The summed E-state index contributed by atoms with van der Waals surface area (Å²) in [6.45, 7) is 1.67. The Balaban J connectivity index is 2.85. The third-order valence-corrected chi connectivity index (χ3v) is 3.15. The van der Waals surface area contributed by atoms with Crippen LogP contribution in [0.15, 0.2) is 0 Å². The average Bonchev–Trinajstić information content (AvgIpc) is 1.78. The smallest absolute Gasteiger partial charge is 0.284 e. The maximum Gasteiger partial charge on any atom is 0.284 e. The molecule has 78 valence electrons. The van der Waals surface area contributed by atoms with E-state index in [1.807, 2.05) is 0 Å². The summed E-state index contributed by atoms with van der Waals surface area (Å²) < 4.78 is 30.8. The summed E-state index contributed by atoms with van der Waals surface area (Å²) in [6, 6.07) is -0.383. The van der Waals surface area contributed by atoms with E-state index in [0.29, 0.717) is 0 Å². The summed E-state index contributed by atoms with van der Waals surface area (Å²) in [6.07, 6.45) is 0. The number of hydrazine groups is 3. The van der Waals surface area contributed by atoms with Crippen molar-refractivity contribution in [2.75, 3.05) is 14.1 Å². The van der Waals surface area contributed by atoms with Crippen LogP contribution in [-0.2, 0) is 10.1 Å². The lowest BCUT2D eigenvalue weighted by atomic mass is 10.3. The Kier molecular flexibility index (Phi) is 2.90. The first-order valence-electron chi connectivity index (χ1n) is 3.77. The van der Waals surface area contributed by atoms with Crippen LogP contribution in [0.3, 0.4) is 0 Å². The topological polar surface area (TPSA) is 84.9 Å². The number of nitrogens with zero attached hydrogens (tertiary/aromatic N) is 2. The van der Waals surface area contributed by atoms with Gasteiger partial charge in [0, 0.05) is 14.1 Å². The molecular weight excluding hydrogens is 196 g/mol. The molecule has 0 aromatic rings. The normalized spacial score (nSPS) is 33.5. The lowest BCUT2D eigenvalue weighted by Crippen LogP contribution is -2.69. The van der Waals surface area contributed by atoms with Gasteiger partial charge in [0.2, 0.25) is 0 Å². The van der Waals surface area contributed by atoms with Gasteiger partial charge in [-0.05, 0) is 6.92 Å². The van der Waals surface area contributed by atoms with Gasteiger partial charge in [-0.15, -0.1) is 0 Å². The number of likely N-dealkylation sites (N-methyl/N-ethyl adjacent to an activating group) is 1. The Bertz CT molecular complexity index is 268. The van der Waals surface area contributed by atoms with Crippen molar-refractivity contribution in [3.63, 3.8) is 0 Å². The molecule has 2 unspecified atom stereocenters. The molecule has 1 saturated heterocycles. The van der Waals surface area contributed by atoms with Crippen molar-refractivity contribution in [1.29, 1.82) is 0 Å². The zero-order valence-corrected chi connectivity index (χ0v) is 8.54. The quantitative estimate of drug-likeness (QED) is 0.449. The Morgan fingerprint density at radius 1 is 1.38 bits per heavy atom. The highest BCUT2D eigenvalue weighted by Gasteiger charge is 2.37. The Hall–Kier alpha value is -0.250. The minimum Gasteiger partial charge on any atom is -0.284 e. The van der Waals surface area contributed by atoms with E-state index in [2.05, 4.69) is 11.0 Å². The fourth-order valence-electron chi connectivity index (χ4n) is 1.48. The summed E-state index contributed by atoms with van der Waals surface area (Å²) in [5.74, 6) is 0. The summed E-state index contributed by atoms with van der Waals surface area (Å²) in [5, 5.41) is 1.87. The zero-order chi connectivity index (χ0) is 10.2. The van der Waals surface area contributed by atoms with Gasteiger partial charge in [0.1, 0.15) is 0 Å². The second kappa shape index (κ2) is 3.48. The van der Waals surface area contributed by atoms with Crippen LogP contribution >= 0.6 is 0 Å². The molecule has 1 aliphatic rings. The standard InChI is InChI=1S/C5H14N4O3S/c1-4-5(13(10,11)12)8(2)7-9(3)6-4/h4-7H,1-3H3,(H,10,11,12). The third kappa shape index (κ3) is 2.36. The summed E-state index contributed by atoms with van der Waals surface area (Å²) in [5.41, 5.74) is 5.49. The van der Waals surface area contributed by atoms with E-state index in [9.17, 15) is 8.42 Å². The average molecular weight is 210 g/mol. The molecule has 8 heteroatoms. The Morgan fingerprint density at radius 3 is 2.31 bits per heavy atom. The van der Waals surface area contributed by atoms with Gasteiger partial charge in [0.15, 0.2) is 5.37 Å². The molecule has 0 aliphatic carbocycles. The number of nitrogens with one attached hydrogen (secondary N) is 2. The van der Waals surface area contributed by atoms with E-state index in [1.165, 1.54) is 10.1 Å². The fourth-order valence-corrected chi connectivity index (χ4v) is 2.51. The van der Waals surface area contributed by atoms with E-state index in [0.717, 1.165) is 0 Å². The van der Waals surface area contributed by atoms with Crippen molar-refractivity contribution in [2.45, 2.75) is 18.3 Å². The first-order valence-corrected chi connectivity index (χ1v) is 5.28. The molecule has 1 fully saturated rings. The summed E-state index contributed by atoms with van der Waals surface area (Å²) in [4.78, 5) is 0. The number of hydrogen-bond donors (Lipinski definition) is 3. The first-order chi connectivity index (χ1) is 5.82. The van der Waals surface area contributed by atoms with E-state index in [4.69, 9.17) is 4.55 Å². The Labute approximate surface area is 77.4 Å². The molecule has 0 amide bonds. The summed E-state index contributed by atoms with van der Waals surface area (Å²) in [7, 11) is -0.824. The fraction of sp³-hybridized carbons (Fsp3) is 1.00. The van der Waals surface area contributed by atoms with Crippen LogP contribution < -0.4 is 11.0 Å². The maximum absolute atomic E-state index is 10.9. The lowest BCUT2D eigenvalue weighted by Gasteiger charge is -2.41. The van der Waals surface area contributed by atoms with Gasteiger partial charge in [-0.1, -0.05) is 0 Å². The van der Waals surface area contributed by atoms with E-state index in [-0.39, 0.29) is 6.04 Å². The molecule has 0 saturated carbocycles. The lowest BCUT2D eigenvalue weighted by molar-refractivity contribution is -0.0550. The minimum atomic E-state index is -4.07. The molecule has 13 heavy (non-hydrogen) atoms. The Morgan fingerprint density at radius 2 is 1.92 bits per heavy atom. The van der Waals surface area contributed by atoms with Crippen LogP contribution in [0.1, 0.15) is 6.92 Å². The first kappa shape index (κ1) is 10.8. The van der Waals surface area contributed by atoms with Crippen LogP contribution in [0.25, 0.3) is 0 Å². The monoisotopic (exact) mass is 210 g/mol. The van der Waals surface area contributed by atoms with Crippen molar-refractivity contribution < 1.29 is 13.0 Å². The highest BCUT2D eigenvalue weighted by Crippen LogP contribution is 2.10. The van der Waals surface area contributed by atoms with Crippen molar-refractivity contribution in [1.82, 2.24) is 21.1 Å². The molecule has 0 radical (unpaired) electrons. The molecular formula is C5H14N4O3S. The van der Waals surface area contributed by atoms with Crippen LogP contribution in [0.2, 0.25) is 0 Å². The van der Waals surface area contributed by atoms with Crippen LogP contribution in [-0.4, -0.2) is 48.6 Å². The zero-order valence-electron chi connectivity index (χ0n) is 7.72. The van der Waals surface area contributed by atoms with Crippen LogP contribution in [0, 0.1) is 0 Å². The van der Waals surface area contributed by atoms with E-state index in [1.54, 1.807) is 21.0 Å². The van der Waals surface area contributed by atoms with Gasteiger partial charge in [0.25, 0.3) is 10.1 Å². The molecule has 7 nitrogen and oxygen atoms in total. The van der Waals surface area contributed by atoms with Crippen LogP contribution in [0.4, 0.5) is 0 Å². The molecule has 2 atom stereocenters. The van der Waals surface area contributed by atoms with Crippen molar-refractivity contribution >= 4 is 10.1 Å². The molecule has 0 aromatic heterocycles. The third-order valence-electron chi connectivity index (χ3n) is 1.82.